The van der Waals surface area contributed by atoms with Gasteiger partial charge in [-0.05, 0) is 25.0 Å². The summed E-state index contributed by atoms with van der Waals surface area (Å²) in [6.45, 7) is 0. The van der Waals surface area contributed by atoms with Gasteiger partial charge in [0.25, 0.3) is 0 Å². The van der Waals surface area contributed by atoms with Crippen molar-refractivity contribution in [3.05, 3.63) is 24.3 Å². The highest BCUT2D eigenvalue weighted by Gasteiger charge is 2.23. The summed E-state index contributed by atoms with van der Waals surface area (Å²) in [7, 11) is 1.66. The van der Waals surface area contributed by atoms with E-state index in [0.29, 0.717) is 0 Å². The lowest BCUT2D eigenvalue weighted by molar-refractivity contribution is 0.116. The molecule has 0 heterocycles. The van der Waals surface area contributed by atoms with Crippen LogP contribution in [-0.4, -0.2) is 24.4 Å². The highest BCUT2D eigenvalue weighted by molar-refractivity contribution is 5.56. The number of anilines is 1. The lowest BCUT2D eigenvalue weighted by Gasteiger charge is -2.29. The van der Waals surface area contributed by atoms with Gasteiger partial charge in [-0.1, -0.05) is 25.0 Å². The first-order valence-electron chi connectivity index (χ1n) is 5.89. The quantitative estimate of drug-likeness (QED) is 0.823. The van der Waals surface area contributed by atoms with Gasteiger partial charge in [0.1, 0.15) is 5.75 Å². The van der Waals surface area contributed by atoms with Crippen LogP contribution in [0.3, 0.4) is 0 Å². The molecule has 0 radical (unpaired) electrons. The molecular formula is C13H19NO2. The monoisotopic (exact) mass is 221 g/mol. The van der Waals surface area contributed by atoms with Gasteiger partial charge < -0.3 is 15.2 Å². The third-order valence-corrected chi connectivity index (χ3v) is 3.18. The molecule has 3 nitrogen and oxygen atoms in total. The molecule has 1 aliphatic rings. The summed E-state index contributed by atoms with van der Waals surface area (Å²) in [5, 5.41) is 13.3. The Hall–Kier alpha value is -1.22. The topological polar surface area (TPSA) is 41.5 Å². The third-order valence-electron chi connectivity index (χ3n) is 3.18. The lowest BCUT2D eigenvalue weighted by atomic mass is 9.92. The van der Waals surface area contributed by atoms with Crippen LogP contribution in [0, 0.1) is 0 Å². The van der Waals surface area contributed by atoms with Crippen LogP contribution >= 0.6 is 0 Å². The number of hydrogen-bond acceptors (Lipinski definition) is 3. The number of aliphatic hydroxyl groups excluding tert-OH is 1. The molecule has 16 heavy (non-hydrogen) atoms. The smallest absolute Gasteiger partial charge is 0.141 e. The number of benzene rings is 1. The van der Waals surface area contributed by atoms with Gasteiger partial charge in [-0.15, -0.1) is 0 Å². The minimum atomic E-state index is -0.237. The predicted octanol–water partition coefficient (Wildman–Crippen LogP) is 2.41. The molecule has 0 amide bonds. The minimum Gasteiger partial charge on any atom is -0.495 e. The van der Waals surface area contributed by atoms with Crippen molar-refractivity contribution >= 4 is 5.69 Å². The van der Waals surface area contributed by atoms with E-state index in [1.54, 1.807) is 7.11 Å². The lowest BCUT2D eigenvalue weighted by Crippen LogP contribution is -2.36. The second kappa shape index (κ2) is 5.21. The van der Waals surface area contributed by atoms with Crippen molar-refractivity contribution < 1.29 is 9.84 Å². The van der Waals surface area contributed by atoms with Gasteiger partial charge in [-0.25, -0.2) is 0 Å². The molecule has 1 aromatic carbocycles. The first-order valence-corrected chi connectivity index (χ1v) is 5.89. The Bertz CT molecular complexity index is 340. The largest absolute Gasteiger partial charge is 0.495 e. The SMILES string of the molecule is COc1ccccc1N[C@H]1CCCC[C@H]1O. The fraction of sp³-hybridized carbons (Fsp3) is 0.538. The van der Waals surface area contributed by atoms with E-state index in [9.17, 15) is 5.11 Å². The fourth-order valence-corrected chi connectivity index (χ4v) is 2.24. The van der Waals surface area contributed by atoms with Crippen LogP contribution in [0.4, 0.5) is 5.69 Å². The number of hydrogen-bond donors (Lipinski definition) is 2. The van der Waals surface area contributed by atoms with Gasteiger partial charge in [0.05, 0.1) is 24.9 Å². The molecule has 3 heteroatoms. The first kappa shape index (κ1) is 11.3. The summed E-state index contributed by atoms with van der Waals surface area (Å²) in [4.78, 5) is 0. The number of methoxy groups -OCH3 is 1. The van der Waals surface area contributed by atoms with Crippen molar-refractivity contribution in [3.8, 4) is 5.75 Å². The van der Waals surface area contributed by atoms with Crippen LogP contribution < -0.4 is 10.1 Å². The summed E-state index contributed by atoms with van der Waals surface area (Å²) in [5.41, 5.74) is 0.968. The summed E-state index contributed by atoms with van der Waals surface area (Å²) >= 11 is 0. The zero-order valence-electron chi connectivity index (χ0n) is 9.65. The molecule has 0 saturated heterocycles. The average molecular weight is 221 g/mol. The second-order valence-corrected chi connectivity index (χ2v) is 4.30. The van der Waals surface area contributed by atoms with Crippen molar-refractivity contribution in [2.45, 2.75) is 37.8 Å². The summed E-state index contributed by atoms with van der Waals surface area (Å²) in [6.07, 6.45) is 4.00. The zero-order chi connectivity index (χ0) is 11.4. The maximum Gasteiger partial charge on any atom is 0.141 e. The van der Waals surface area contributed by atoms with Gasteiger partial charge in [-0.2, -0.15) is 0 Å². The van der Waals surface area contributed by atoms with Gasteiger partial charge in [-0.3, -0.25) is 0 Å². The molecule has 1 fully saturated rings. The fourth-order valence-electron chi connectivity index (χ4n) is 2.24. The van der Waals surface area contributed by atoms with Crippen LogP contribution in [0.2, 0.25) is 0 Å². The molecule has 0 aliphatic heterocycles. The van der Waals surface area contributed by atoms with E-state index in [4.69, 9.17) is 4.74 Å². The van der Waals surface area contributed by atoms with E-state index in [0.717, 1.165) is 30.7 Å². The maximum absolute atomic E-state index is 9.89. The van der Waals surface area contributed by atoms with E-state index >= 15 is 0 Å². The number of aliphatic hydroxyl groups is 1. The highest BCUT2D eigenvalue weighted by Crippen LogP contribution is 2.28. The van der Waals surface area contributed by atoms with E-state index in [-0.39, 0.29) is 12.1 Å². The Balaban J connectivity index is 2.07. The molecule has 0 spiro atoms. The minimum absolute atomic E-state index is 0.157. The zero-order valence-corrected chi connectivity index (χ0v) is 9.65. The molecule has 0 bridgehead atoms. The summed E-state index contributed by atoms with van der Waals surface area (Å²) in [6, 6.07) is 7.99. The molecule has 0 unspecified atom stereocenters. The average Bonchev–Trinajstić information content (AvgIpc) is 2.33. The van der Waals surface area contributed by atoms with E-state index < -0.39 is 0 Å². The highest BCUT2D eigenvalue weighted by atomic mass is 16.5. The molecule has 2 rings (SSSR count). The Morgan fingerprint density at radius 2 is 2.00 bits per heavy atom. The van der Waals surface area contributed by atoms with Gasteiger partial charge in [0.2, 0.25) is 0 Å². The predicted molar refractivity (Wildman–Crippen MR) is 64.9 cm³/mol. The van der Waals surface area contributed by atoms with E-state index in [1.165, 1.54) is 6.42 Å². The number of para-hydroxylation sites is 2. The molecule has 1 aromatic rings. The van der Waals surface area contributed by atoms with Crippen molar-refractivity contribution in [1.29, 1.82) is 0 Å². The van der Waals surface area contributed by atoms with Crippen molar-refractivity contribution in [2.24, 2.45) is 0 Å². The van der Waals surface area contributed by atoms with Crippen LogP contribution in [0.5, 0.6) is 5.75 Å². The molecule has 2 N–H and O–H groups in total. The van der Waals surface area contributed by atoms with Crippen molar-refractivity contribution in [3.63, 3.8) is 0 Å². The molecule has 0 aromatic heterocycles. The Morgan fingerprint density at radius 3 is 2.75 bits per heavy atom. The number of nitrogens with one attached hydrogen (secondary N) is 1. The van der Waals surface area contributed by atoms with E-state index in [2.05, 4.69) is 5.32 Å². The van der Waals surface area contributed by atoms with Crippen LogP contribution in [-0.2, 0) is 0 Å². The Kier molecular flexibility index (Phi) is 3.67. The maximum atomic E-state index is 9.89. The van der Waals surface area contributed by atoms with Crippen LogP contribution in [0.1, 0.15) is 25.7 Å². The standard InChI is InChI=1S/C13H19NO2/c1-16-13-9-5-3-7-11(13)14-10-6-2-4-8-12(10)15/h3,5,7,9-10,12,14-15H,2,4,6,8H2,1H3/t10-,12+/m0/s1. The summed E-state index contributed by atoms with van der Waals surface area (Å²) in [5.74, 6) is 0.834. The number of rotatable bonds is 3. The molecule has 88 valence electrons. The van der Waals surface area contributed by atoms with Gasteiger partial charge in [0, 0.05) is 0 Å². The normalized spacial score (nSPS) is 25.1. The number of ether oxygens (including phenoxy) is 1. The second-order valence-electron chi connectivity index (χ2n) is 4.30. The molecule has 1 aliphatic carbocycles. The first-order chi connectivity index (χ1) is 7.81. The molecule has 1 saturated carbocycles. The summed E-state index contributed by atoms with van der Waals surface area (Å²) < 4.78 is 5.28. The third kappa shape index (κ3) is 2.47. The Labute approximate surface area is 96.4 Å². The van der Waals surface area contributed by atoms with Crippen molar-refractivity contribution in [1.82, 2.24) is 0 Å². The van der Waals surface area contributed by atoms with Gasteiger partial charge in [0.15, 0.2) is 0 Å². The van der Waals surface area contributed by atoms with E-state index in [1.807, 2.05) is 24.3 Å². The van der Waals surface area contributed by atoms with Gasteiger partial charge >= 0.3 is 0 Å². The van der Waals surface area contributed by atoms with Crippen molar-refractivity contribution in [2.75, 3.05) is 12.4 Å². The van der Waals surface area contributed by atoms with Crippen LogP contribution in [0.15, 0.2) is 24.3 Å². The molecular weight excluding hydrogens is 202 g/mol. The Morgan fingerprint density at radius 1 is 1.25 bits per heavy atom. The van der Waals surface area contributed by atoms with Crippen LogP contribution in [0.25, 0.3) is 0 Å². The molecule has 2 atom stereocenters.